The maximum Gasteiger partial charge on any atom is 0.0542 e. The quantitative estimate of drug-likeness (QED) is 0.638. The zero-order valence-electron chi connectivity index (χ0n) is 8.08. The predicted molar refractivity (Wildman–Crippen MR) is 55.6 cm³/mol. The van der Waals surface area contributed by atoms with Crippen molar-refractivity contribution in [3.63, 3.8) is 0 Å². The highest BCUT2D eigenvalue weighted by Gasteiger charge is 2.24. The maximum atomic E-state index is 9.45. The van der Waals surface area contributed by atoms with Crippen LogP contribution in [0.5, 0.6) is 0 Å². The normalized spacial score (nSPS) is 32.0. The van der Waals surface area contributed by atoms with Crippen LogP contribution in [0.2, 0.25) is 0 Å². The van der Waals surface area contributed by atoms with Gasteiger partial charge in [0, 0.05) is 4.75 Å². The molecule has 1 fully saturated rings. The SMILES string of the molecule is CC(C)(S)C[C@H]1CCC[C@@H](O)C1. The van der Waals surface area contributed by atoms with E-state index < -0.39 is 0 Å². The molecule has 12 heavy (non-hydrogen) atoms. The topological polar surface area (TPSA) is 20.2 Å². The molecule has 1 nitrogen and oxygen atoms in total. The fourth-order valence-electron chi connectivity index (χ4n) is 2.15. The summed E-state index contributed by atoms with van der Waals surface area (Å²) in [6.45, 7) is 4.30. The number of thiol groups is 1. The smallest absolute Gasteiger partial charge is 0.0542 e. The molecule has 0 heterocycles. The van der Waals surface area contributed by atoms with Crippen LogP contribution < -0.4 is 0 Å². The van der Waals surface area contributed by atoms with Crippen LogP contribution in [0.1, 0.15) is 46.0 Å². The third kappa shape index (κ3) is 3.81. The van der Waals surface area contributed by atoms with E-state index in [0.717, 1.165) is 19.3 Å². The molecule has 1 saturated carbocycles. The molecule has 0 amide bonds. The van der Waals surface area contributed by atoms with Gasteiger partial charge in [0.05, 0.1) is 6.10 Å². The van der Waals surface area contributed by atoms with Gasteiger partial charge in [-0.25, -0.2) is 0 Å². The Balaban J connectivity index is 2.32. The molecule has 2 atom stereocenters. The van der Waals surface area contributed by atoms with Crippen molar-refractivity contribution in [1.29, 1.82) is 0 Å². The molecule has 0 spiro atoms. The molecule has 1 aliphatic carbocycles. The van der Waals surface area contributed by atoms with Gasteiger partial charge < -0.3 is 5.11 Å². The van der Waals surface area contributed by atoms with E-state index >= 15 is 0 Å². The third-order valence-electron chi connectivity index (χ3n) is 2.54. The summed E-state index contributed by atoms with van der Waals surface area (Å²) in [4.78, 5) is 0. The van der Waals surface area contributed by atoms with E-state index in [1.165, 1.54) is 12.8 Å². The monoisotopic (exact) mass is 188 g/mol. The van der Waals surface area contributed by atoms with Crippen LogP contribution in [0.15, 0.2) is 0 Å². The lowest BCUT2D eigenvalue weighted by molar-refractivity contribution is 0.0958. The third-order valence-corrected chi connectivity index (χ3v) is 2.73. The molecule has 0 aliphatic heterocycles. The molecule has 0 saturated heterocycles. The van der Waals surface area contributed by atoms with E-state index in [0.29, 0.717) is 5.92 Å². The molecular formula is C10H20OS. The van der Waals surface area contributed by atoms with E-state index in [4.69, 9.17) is 0 Å². The van der Waals surface area contributed by atoms with Crippen LogP contribution in [0.3, 0.4) is 0 Å². The van der Waals surface area contributed by atoms with Crippen LogP contribution in [0, 0.1) is 5.92 Å². The summed E-state index contributed by atoms with van der Waals surface area (Å²) in [6.07, 6.45) is 5.55. The van der Waals surface area contributed by atoms with Crippen molar-refractivity contribution in [2.75, 3.05) is 0 Å². The molecule has 72 valence electrons. The highest BCUT2D eigenvalue weighted by molar-refractivity contribution is 7.81. The highest BCUT2D eigenvalue weighted by atomic mass is 32.1. The van der Waals surface area contributed by atoms with Crippen molar-refractivity contribution in [2.45, 2.75) is 56.8 Å². The second-order valence-corrected chi connectivity index (χ2v) is 5.91. The van der Waals surface area contributed by atoms with Crippen molar-refractivity contribution in [2.24, 2.45) is 5.92 Å². The number of rotatable bonds is 2. The van der Waals surface area contributed by atoms with Crippen molar-refractivity contribution >= 4 is 12.6 Å². The summed E-state index contributed by atoms with van der Waals surface area (Å²) in [6, 6.07) is 0. The lowest BCUT2D eigenvalue weighted by Gasteiger charge is -2.30. The van der Waals surface area contributed by atoms with E-state index in [2.05, 4.69) is 26.5 Å². The fourth-order valence-corrected chi connectivity index (χ4v) is 2.41. The molecule has 1 N–H and O–H groups in total. The minimum atomic E-state index is -0.0422. The number of hydrogen-bond donors (Lipinski definition) is 2. The first-order valence-electron chi connectivity index (χ1n) is 4.88. The largest absolute Gasteiger partial charge is 0.393 e. The summed E-state index contributed by atoms with van der Waals surface area (Å²) in [7, 11) is 0. The highest BCUT2D eigenvalue weighted by Crippen LogP contribution is 2.32. The van der Waals surface area contributed by atoms with Gasteiger partial charge >= 0.3 is 0 Å². The first-order chi connectivity index (χ1) is 5.47. The van der Waals surface area contributed by atoms with Crippen molar-refractivity contribution < 1.29 is 5.11 Å². The molecule has 0 bridgehead atoms. The lowest BCUT2D eigenvalue weighted by atomic mass is 9.82. The Hall–Kier alpha value is 0.310. The predicted octanol–water partition coefficient (Wildman–Crippen LogP) is 2.64. The van der Waals surface area contributed by atoms with Crippen LogP contribution in [-0.4, -0.2) is 16.0 Å². The van der Waals surface area contributed by atoms with Gasteiger partial charge in [0.2, 0.25) is 0 Å². The van der Waals surface area contributed by atoms with E-state index in [1.54, 1.807) is 0 Å². The Kier molecular flexibility index (Phi) is 3.47. The zero-order chi connectivity index (χ0) is 9.19. The van der Waals surface area contributed by atoms with Gasteiger partial charge in [-0.3, -0.25) is 0 Å². The number of hydrogen-bond acceptors (Lipinski definition) is 2. The van der Waals surface area contributed by atoms with Gasteiger partial charge in [-0.15, -0.1) is 0 Å². The number of aliphatic hydroxyl groups is 1. The van der Waals surface area contributed by atoms with Gasteiger partial charge in [0.15, 0.2) is 0 Å². The molecule has 0 aromatic heterocycles. The molecule has 1 aliphatic rings. The Labute approximate surface area is 81.0 Å². The van der Waals surface area contributed by atoms with Gasteiger partial charge in [-0.1, -0.05) is 26.7 Å². The molecule has 0 unspecified atom stereocenters. The van der Waals surface area contributed by atoms with Crippen LogP contribution in [0.4, 0.5) is 0 Å². The molecule has 2 heteroatoms. The Morgan fingerprint density at radius 3 is 2.58 bits per heavy atom. The zero-order valence-corrected chi connectivity index (χ0v) is 8.98. The van der Waals surface area contributed by atoms with Gasteiger partial charge in [0.25, 0.3) is 0 Å². The lowest BCUT2D eigenvalue weighted by Crippen LogP contribution is -2.25. The second-order valence-electron chi connectivity index (χ2n) is 4.70. The minimum Gasteiger partial charge on any atom is -0.393 e. The Morgan fingerprint density at radius 1 is 1.42 bits per heavy atom. The van der Waals surface area contributed by atoms with E-state index in [-0.39, 0.29) is 10.9 Å². The Morgan fingerprint density at radius 2 is 2.08 bits per heavy atom. The summed E-state index contributed by atoms with van der Waals surface area (Å²) in [5.74, 6) is 0.696. The van der Waals surface area contributed by atoms with Crippen molar-refractivity contribution in [3.05, 3.63) is 0 Å². The summed E-state index contributed by atoms with van der Waals surface area (Å²) in [5, 5.41) is 9.45. The van der Waals surface area contributed by atoms with Crippen molar-refractivity contribution in [3.8, 4) is 0 Å². The van der Waals surface area contributed by atoms with Crippen LogP contribution in [-0.2, 0) is 0 Å². The molecular weight excluding hydrogens is 168 g/mol. The van der Waals surface area contributed by atoms with E-state index in [9.17, 15) is 5.11 Å². The van der Waals surface area contributed by atoms with Gasteiger partial charge in [0.1, 0.15) is 0 Å². The van der Waals surface area contributed by atoms with Gasteiger partial charge in [-0.2, -0.15) is 12.6 Å². The maximum absolute atomic E-state index is 9.45. The first kappa shape index (κ1) is 10.4. The average molecular weight is 188 g/mol. The molecule has 0 radical (unpaired) electrons. The minimum absolute atomic E-state index is 0.0422. The summed E-state index contributed by atoms with van der Waals surface area (Å²) < 4.78 is 0.127. The summed E-state index contributed by atoms with van der Waals surface area (Å²) in [5.41, 5.74) is 0. The van der Waals surface area contributed by atoms with Crippen LogP contribution >= 0.6 is 12.6 Å². The molecule has 0 aromatic carbocycles. The number of aliphatic hydroxyl groups excluding tert-OH is 1. The summed E-state index contributed by atoms with van der Waals surface area (Å²) >= 11 is 4.51. The molecule has 1 rings (SSSR count). The van der Waals surface area contributed by atoms with Gasteiger partial charge in [-0.05, 0) is 25.2 Å². The fraction of sp³-hybridized carbons (Fsp3) is 1.00. The van der Waals surface area contributed by atoms with Crippen LogP contribution in [0.25, 0.3) is 0 Å². The molecule has 0 aromatic rings. The van der Waals surface area contributed by atoms with Crippen molar-refractivity contribution in [1.82, 2.24) is 0 Å². The van der Waals surface area contributed by atoms with E-state index in [1.807, 2.05) is 0 Å². The Bertz CT molecular complexity index is 139. The first-order valence-corrected chi connectivity index (χ1v) is 5.32. The standard InChI is InChI=1S/C10H20OS/c1-10(2,12)7-8-4-3-5-9(11)6-8/h8-9,11-12H,3-7H2,1-2H3/t8-,9+/m0/s1. The average Bonchev–Trinajstić information content (AvgIpc) is 1.82. The second kappa shape index (κ2) is 4.01.